The summed E-state index contributed by atoms with van der Waals surface area (Å²) in [4.78, 5) is 7.04. The number of rotatable bonds is 4. The molecule has 0 saturated carbocycles. The largest absolute Gasteiger partial charge is 0.486 e. The van der Waals surface area contributed by atoms with Gasteiger partial charge in [0.2, 0.25) is 11.7 Å². The summed E-state index contributed by atoms with van der Waals surface area (Å²) >= 11 is 0. The molecule has 2 aliphatic heterocycles. The summed E-state index contributed by atoms with van der Waals surface area (Å²) in [5.74, 6) is 2.99. The number of benzene rings is 2. The molecule has 5 rings (SSSR count). The van der Waals surface area contributed by atoms with Crippen LogP contribution >= 0.6 is 0 Å². The molecule has 6 nitrogen and oxygen atoms in total. The Bertz CT molecular complexity index is 985. The molecule has 28 heavy (non-hydrogen) atoms. The number of ether oxygens (including phenoxy) is 2. The van der Waals surface area contributed by atoms with Crippen molar-refractivity contribution >= 4 is 0 Å². The van der Waals surface area contributed by atoms with Crippen molar-refractivity contribution in [2.24, 2.45) is 0 Å². The van der Waals surface area contributed by atoms with E-state index in [9.17, 15) is 0 Å². The standard InChI is InChI=1S/C22H23N3O3/c1-15-5-2-3-6-17(15)22-23-21(28-24-22)14-25-10-4-7-18(25)16-8-9-19-20(13-16)27-12-11-26-19/h2-3,5-6,8-9,13,18H,4,7,10-12,14H2,1H3/t18-/m0/s1. The van der Waals surface area contributed by atoms with E-state index >= 15 is 0 Å². The lowest BCUT2D eigenvalue weighted by Crippen LogP contribution is -2.23. The second-order valence-corrected chi connectivity index (χ2v) is 7.36. The molecule has 0 amide bonds. The van der Waals surface area contributed by atoms with Crippen molar-refractivity contribution in [3.8, 4) is 22.9 Å². The van der Waals surface area contributed by atoms with Crippen LogP contribution in [0.25, 0.3) is 11.4 Å². The van der Waals surface area contributed by atoms with E-state index in [-0.39, 0.29) is 0 Å². The summed E-state index contributed by atoms with van der Waals surface area (Å²) in [6.07, 6.45) is 2.26. The average molecular weight is 377 g/mol. The quantitative estimate of drug-likeness (QED) is 0.681. The monoisotopic (exact) mass is 377 g/mol. The molecule has 2 aromatic carbocycles. The van der Waals surface area contributed by atoms with Crippen LogP contribution < -0.4 is 9.47 Å². The average Bonchev–Trinajstić information content (AvgIpc) is 3.38. The number of fused-ring (bicyclic) bond motifs is 1. The first-order valence-corrected chi connectivity index (χ1v) is 9.80. The summed E-state index contributed by atoms with van der Waals surface area (Å²) in [6, 6.07) is 14.7. The molecule has 2 aliphatic rings. The van der Waals surface area contributed by atoms with Gasteiger partial charge in [-0.15, -0.1) is 0 Å². The van der Waals surface area contributed by atoms with Crippen molar-refractivity contribution in [2.45, 2.75) is 32.4 Å². The van der Waals surface area contributed by atoms with Crippen LogP contribution in [-0.4, -0.2) is 34.8 Å². The second-order valence-electron chi connectivity index (χ2n) is 7.36. The minimum atomic E-state index is 0.324. The molecule has 1 atom stereocenters. The molecule has 0 spiro atoms. The molecular weight excluding hydrogens is 354 g/mol. The van der Waals surface area contributed by atoms with Crippen LogP contribution in [-0.2, 0) is 6.54 Å². The lowest BCUT2D eigenvalue weighted by Gasteiger charge is -2.25. The Morgan fingerprint density at radius 3 is 2.82 bits per heavy atom. The van der Waals surface area contributed by atoms with Gasteiger partial charge in [0, 0.05) is 11.6 Å². The van der Waals surface area contributed by atoms with Crippen LogP contribution in [0.5, 0.6) is 11.5 Å². The van der Waals surface area contributed by atoms with E-state index in [0.717, 1.165) is 42.0 Å². The minimum absolute atomic E-state index is 0.324. The fraction of sp³-hybridized carbons (Fsp3) is 0.364. The van der Waals surface area contributed by atoms with Crippen LogP contribution in [0.4, 0.5) is 0 Å². The van der Waals surface area contributed by atoms with Gasteiger partial charge in [-0.05, 0) is 49.6 Å². The maximum Gasteiger partial charge on any atom is 0.241 e. The summed E-state index contributed by atoms with van der Waals surface area (Å²) in [5.41, 5.74) is 3.41. The van der Waals surface area contributed by atoms with Gasteiger partial charge < -0.3 is 14.0 Å². The number of hydrogen-bond acceptors (Lipinski definition) is 6. The van der Waals surface area contributed by atoms with Gasteiger partial charge in [-0.1, -0.05) is 35.5 Å². The lowest BCUT2D eigenvalue weighted by atomic mass is 10.0. The zero-order valence-electron chi connectivity index (χ0n) is 15.9. The topological polar surface area (TPSA) is 60.6 Å². The van der Waals surface area contributed by atoms with Gasteiger partial charge in [0.25, 0.3) is 0 Å². The first-order chi connectivity index (χ1) is 13.8. The SMILES string of the molecule is Cc1ccccc1-c1noc(CN2CCC[C@H]2c2ccc3c(c2)OCCO3)n1. The molecule has 144 valence electrons. The predicted molar refractivity (Wildman–Crippen MR) is 104 cm³/mol. The Morgan fingerprint density at radius 2 is 1.93 bits per heavy atom. The fourth-order valence-electron chi connectivity index (χ4n) is 4.09. The summed E-state index contributed by atoms with van der Waals surface area (Å²) in [6.45, 7) is 4.94. The number of hydrogen-bond donors (Lipinski definition) is 0. The van der Waals surface area contributed by atoms with Crippen LogP contribution in [0, 0.1) is 6.92 Å². The molecule has 1 fully saturated rings. The van der Waals surface area contributed by atoms with Crippen LogP contribution in [0.15, 0.2) is 47.0 Å². The Labute approximate surface area is 164 Å². The number of aryl methyl sites for hydroxylation is 1. The summed E-state index contributed by atoms with van der Waals surface area (Å²) in [7, 11) is 0. The minimum Gasteiger partial charge on any atom is -0.486 e. The van der Waals surface area contributed by atoms with E-state index in [2.05, 4.69) is 40.2 Å². The first-order valence-electron chi connectivity index (χ1n) is 9.80. The smallest absolute Gasteiger partial charge is 0.241 e. The van der Waals surface area contributed by atoms with E-state index in [1.54, 1.807) is 0 Å². The third-order valence-corrected chi connectivity index (χ3v) is 5.51. The van der Waals surface area contributed by atoms with Crippen molar-refractivity contribution < 1.29 is 14.0 Å². The van der Waals surface area contributed by atoms with Crippen molar-refractivity contribution in [1.29, 1.82) is 0 Å². The lowest BCUT2D eigenvalue weighted by molar-refractivity contribution is 0.170. The Kier molecular flexibility index (Phi) is 4.49. The molecular formula is C22H23N3O3. The highest BCUT2D eigenvalue weighted by molar-refractivity contribution is 5.58. The highest BCUT2D eigenvalue weighted by atomic mass is 16.6. The molecule has 3 aromatic rings. The van der Waals surface area contributed by atoms with Gasteiger partial charge in [0.15, 0.2) is 11.5 Å². The highest BCUT2D eigenvalue weighted by Crippen LogP contribution is 2.38. The molecule has 1 aromatic heterocycles. The van der Waals surface area contributed by atoms with E-state index in [1.807, 2.05) is 24.3 Å². The molecule has 1 saturated heterocycles. The maximum atomic E-state index is 5.76. The molecule has 0 aliphatic carbocycles. The van der Waals surface area contributed by atoms with Crippen LogP contribution in [0.3, 0.4) is 0 Å². The van der Waals surface area contributed by atoms with Gasteiger partial charge in [-0.25, -0.2) is 0 Å². The van der Waals surface area contributed by atoms with Crippen LogP contribution in [0.1, 0.15) is 35.9 Å². The molecule has 0 N–H and O–H groups in total. The third-order valence-electron chi connectivity index (χ3n) is 5.51. The van der Waals surface area contributed by atoms with Crippen molar-refractivity contribution in [3.05, 3.63) is 59.5 Å². The molecule has 0 radical (unpaired) electrons. The molecule has 3 heterocycles. The van der Waals surface area contributed by atoms with E-state index in [4.69, 9.17) is 14.0 Å². The van der Waals surface area contributed by atoms with Gasteiger partial charge in [0.1, 0.15) is 13.2 Å². The van der Waals surface area contributed by atoms with Crippen molar-refractivity contribution in [1.82, 2.24) is 15.0 Å². The van der Waals surface area contributed by atoms with Crippen molar-refractivity contribution in [2.75, 3.05) is 19.8 Å². The Morgan fingerprint density at radius 1 is 1.07 bits per heavy atom. The van der Waals surface area contributed by atoms with E-state index in [1.165, 1.54) is 5.56 Å². The van der Waals surface area contributed by atoms with Gasteiger partial charge >= 0.3 is 0 Å². The zero-order chi connectivity index (χ0) is 18.9. The Hall–Kier alpha value is -2.86. The Balaban J connectivity index is 1.35. The number of nitrogens with zero attached hydrogens (tertiary/aromatic N) is 3. The number of likely N-dealkylation sites (tertiary alicyclic amines) is 1. The fourth-order valence-corrected chi connectivity index (χ4v) is 4.09. The molecule has 6 heteroatoms. The van der Waals surface area contributed by atoms with Gasteiger partial charge in [0.05, 0.1) is 6.54 Å². The van der Waals surface area contributed by atoms with Crippen LogP contribution in [0.2, 0.25) is 0 Å². The summed E-state index contributed by atoms with van der Waals surface area (Å²) in [5, 5.41) is 4.20. The van der Waals surface area contributed by atoms with E-state index < -0.39 is 0 Å². The maximum absolute atomic E-state index is 5.76. The zero-order valence-corrected chi connectivity index (χ0v) is 15.9. The third kappa shape index (κ3) is 3.24. The van der Waals surface area contributed by atoms with Gasteiger partial charge in [-0.3, -0.25) is 4.90 Å². The normalized spacial score (nSPS) is 19.1. The summed E-state index contributed by atoms with van der Waals surface area (Å²) < 4.78 is 17.0. The van der Waals surface area contributed by atoms with Crippen molar-refractivity contribution in [3.63, 3.8) is 0 Å². The van der Waals surface area contributed by atoms with E-state index in [0.29, 0.717) is 37.5 Å². The predicted octanol–water partition coefficient (Wildman–Crippen LogP) is 4.15. The second kappa shape index (κ2) is 7.28. The highest BCUT2D eigenvalue weighted by Gasteiger charge is 2.29. The van der Waals surface area contributed by atoms with Gasteiger partial charge in [-0.2, -0.15) is 4.98 Å². The molecule has 0 bridgehead atoms. The molecule has 0 unspecified atom stereocenters. The number of aromatic nitrogens is 2. The first kappa shape index (κ1) is 17.3.